The number of anilines is 1. The fourth-order valence-electron chi connectivity index (χ4n) is 10.4. The topological polar surface area (TPSA) is 53.6 Å². The van der Waals surface area contributed by atoms with Crippen LogP contribution in [0.3, 0.4) is 0 Å². The molecule has 1 aromatic heterocycles. The SMILES string of the molecule is Cc1cc(C)c(-n2c(-c3ccc(-c4ccccc4)c(C(C)(C)C)c3O)nc3c(-c4[c-]c5c(cc4)-c4ccccc4N4C5=N[C@H]5c6ccccc6C[C@H]54)cccc32)c(C)c1.[Pt]. The molecule has 1 aliphatic carbocycles. The zero-order valence-corrected chi connectivity index (χ0v) is 36.9. The maximum absolute atomic E-state index is 12.5. The fourth-order valence-corrected chi connectivity index (χ4v) is 10.4. The van der Waals surface area contributed by atoms with E-state index in [-0.39, 0.29) is 44.3 Å². The average Bonchev–Trinajstić information content (AvgIpc) is 3.91. The van der Waals surface area contributed by atoms with Crippen LogP contribution in [0.4, 0.5) is 5.69 Å². The smallest absolute Gasteiger partial charge is 0.148 e. The molecule has 3 heterocycles. The van der Waals surface area contributed by atoms with E-state index in [0.29, 0.717) is 11.4 Å². The van der Waals surface area contributed by atoms with Crippen LogP contribution in [0.1, 0.15) is 65.8 Å². The van der Waals surface area contributed by atoms with Crippen LogP contribution in [-0.2, 0) is 32.9 Å². The number of aryl methyl sites for hydroxylation is 3. The third-order valence-electron chi connectivity index (χ3n) is 12.7. The van der Waals surface area contributed by atoms with E-state index >= 15 is 0 Å². The first-order valence-corrected chi connectivity index (χ1v) is 20.7. The molecule has 2 atom stereocenters. The monoisotopic (exact) mass is 960 g/mol. The Labute approximate surface area is 366 Å². The number of fused-ring (bicyclic) bond motifs is 11. The van der Waals surface area contributed by atoms with Gasteiger partial charge in [0.1, 0.15) is 11.6 Å². The number of nitrogens with zero attached hydrogens (tertiary/aromatic N) is 4. The maximum atomic E-state index is 12.5. The first-order chi connectivity index (χ1) is 28.6. The van der Waals surface area contributed by atoms with Crippen molar-refractivity contribution in [2.75, 3.05) is 4.90 Å². The molecule has 5 nitrogen and oxygen atoms in total. The van der Waals surface area contributed by atoms with Gasteiger partial charge in [-0.1, -0.05) is 146 Å². The van der Waals surface area contributed by atoms with Crippen molar-refractivity contribution in [3.63, 3.8) is 0 Å². The molecule has 0 radical (unpaired) electrons. The minimum absolute atomic E-state index is 0. The van der Waals surface area contributed by atoms with E-state index in [4.69, 9.17) is 9.98 Å². The molecule has 2 aliphatic heterocycles. The number of aromatic hydroxyl groups is 1. The van der Waals surface area contributed by atoms with Gasteiger partial charge in [0, 0.05) is 32.3 Å². The third-order valence-corrected chi connectivity index (χ3v) is 12.7. The summed E-state index contributed by atoms with van der Waals surface area (Å²) in [5.41, 5.74) is 19.0. The summed E-state index contributed by atoms with van der Waals surface area (Å²) in [6.45, 7) is 13.0. The number of imidazole rings is 1. The Hall–Kier alpha value is -6.03. The number of amidine groups is 1. The average molecular weight is 961 g/mol. The third kappa shape index (κ3) is 5.69. The van der Waals surface area contributed by atoms with Crippen LogP contribution in [0.15, 0.2) is 138 Å². The second-order valence-electron chi connectivity index (χ2n) is 17.6. The maximum Gasteiger partial charge on any atom is 0.148 e. The molecule has 0 unspecified atom stereocenters. The summed E-state index contributed by atoms with van der Waals surface area (Å²) < 4.78 is 2.27. The number of phenols is 1. The van der Waals surface area contributed by atoms with Crippen molar-refractivity contribution < 1.29 is 26.2 Å². The number of hydrogen-bond acceptors (Lipinski definition) is 4. The Morgan fingerprint density at radius 1 is 0.700 bits per heavy atom. The van der Waals surface area contributed by atoms with E-state index in [2.05, 4.69) is 178 Å². The van der Waals surface area contributed by atoms with Gasteiger partial charge in [-0.25, -0.2) is 4.98 Å². The van der Waals surface area contributed by atoms with Crippen LogP contribution in [0.2, 0.25) is 0 Å². The summed E-state index contributed by atoms with van der Waals surface area (Å²) in [5.74, 6) is 1.95. The van der Waals surface area contributed by atoms with Crippen LogP contribution < -0.4 is 4.90 Å². The van der Waals surface area contributed by atoms with Crippen molar-refractivity contribution in [2.24, 2.45) is 4.99 Å². The standard InChI is InChI=1S/C54H45N4O.Pt/c1-31-27-32(2)50(33(3)28-31)58-45-22-14-20-39(48(45)55-52(58)42-26-25-37(34-15-8-7-9-16-34)47(51(42)59)54(4,5)6)36-23-24-40-41-19-12-13-21-44(41)57-46-30-35-17-10-11-18-38(35)49(46)56-53(57)43(40)29-36;/h7-28,46,49,59H,30H2,1-6H3;/q-1;/t46-,49+;/m1./s1. The van der Waals surface area contributed by atoms with Crippen molar-refractivity contribution >= 4 is 22.6 Å². The second-order valence-corrected chi connectivity index (χ2v) is 17.6. The Bertz CT molecular complexity index is 3060. The Kier molecular flexibility index (Phi) is 8.93. The molecule has 7 aromatic carbocycles. The number of rotatable bonds is 4. The number of phenolic OH excluding ortho intramolecular Hbond substituents is 1. The molecule has 6 heteroatoms. The number of benzene rings is 7. The van der Waals surface area contributed by atoms with Gasteiger partial charge < -0.3 is 10.0 Å². The Balaban J connectivity index is 0.00000433. The van der Waals surface area contributed by atoms with Gasteiger partial charge >= 0.3 is 0 Å². The summed E-state index contributed by atoms with van der Waals surface area (Å²) in [7, 11) is 0. The summed E-state index contributed by atoms with van der Waals surface area (Å²) in [4.78, 5) is 13.5. The normalized spacial score (nSPS) is 16.1. The molecule has 0 fully saturated rings. The predicted molar refractivity (Wildman–Crippen MR) is 242 cm³/mol. The van der Waals surface area contributed by atoms with Crippen molar-refractivity contribution in [1.29, 1.82) is 0 Å². The van der Waals surface area contributed by atoms with Gasteiger partial charge in [-0.15, -0.1) is 23.8 Å². The van der Waals surface area contributed by atoms with Crippen LogP contribution in [0.5, 0.6) is 5.75 Å². The first-order valence-electron chi connectivity index (χ1n) is 20.7. The van der Waals surface area contributed by atoms with Crippen molar-refractivity contribution in [3.8, 4) is 56.2 Å². The predicted octanol–water partition coefficient (Wildman–Crippen LogP) is 12.7. The van der Waals surface area contributed by atoms with E-state index in [1.165, 1.54) is 27.9 Å². The van der Waals surface area contributed by atoms with Crippen LogP contribution >= 0.6 is 0 Å². The van der Waals surface area contributed by atoms with Crippen LogP contribution in [0.25, 0.3) is 61.5 Å². The molecule has 3 aliphatic rings. The summed E-state index contributed by atoms with van der Waals surface area (Å²) >= 11 is 0. The van der Waals surface area contributed by atoms with E-state index < -0.39 is 0 Å². The second kappa shape index (κ2) is 14.0. The number of aromatic nitrogens is 2. The summed E-state index contributed by atoms with van der Waals surface area (Å²) in [5, 5.41) is 12.5. The molecule has 298 valence electrons. The molecule has 11 rings (SSSR count). The van der Waals surface area contributed by atoms with E-state index in [9.17, 15) is 5.11 Å². The molecule has 1 N–H and O–H groups in total. The number of hydrogen-bond donors (Lipinski definition) is 1. The van der Waals surface area contributed by atoms with Gasteiger partial charge in [-0.05, 0) is 89.8 Å². The van der Waals surface area contributed by atoms with Crippen LogP contribution in [0, 0.1) is 26.8 Å². The van der Waals surface area contributed by atoms with Crippen molar-refractivity contribution in [1.82, 2.24) is 9.55 Å². The van der Waals surface area contributed by atoms with E-state index in [1.54, 1.807) is 0 Å². The van der Waals surface area contributed by atoms with Crippen molar-refractivity contribution in [2.45, 2.75) is 65.5 Å². The molecule has 60 heavy (non-hydrogen) atoms. The largest absolute Gasteiger partial charge is 0.507 e. The quantitative estimate of drug-likeness (QED) is 0.179. The van der Waals surface area contributed by atoms with Gasteiger partial charge in [-0.2, -0.15) is 0 Å². The van der Waals surface area contributed by atoms with E-state index in [0.717, 1.165) is 79.0 Å². The van der Waals surface area contributed by atoms with Gasteiger partial charge in [0.25, 0.3) is 0 Å². The van der Waals surface area contributed by atoms with Gasteiger partial charge in [-0.3, -0.25) is 9.56 Å². The van der Waals surface area contributed by atoms with Gasteiger partial charge in [0.15, 0.2) is 0 Å². The summed E-state index contributed by atoms with van der Waals surface area (Å²) in [6.07, 6.45) is 0.963. The Morgan fingerprint density at radius 3 is 2.17 bits per heavy atom. The van der Waals surface area contributed by atoms with Crippen LogP contribution in [-0.4, -0.2) is 26.5 Å². The molecule has 8 aromatic rings. The molecule has 0 amide bonds. The molecule has 0 bridgehead atoms. The molecule has 0 spiro atoms. The summed E-state index contributed by atoms with van der Waals surface area (Å²) in [6, 6.07) is 51.7. The molecule has 0 saturated carbocycles. The van der Waals surface area contributed by atoms with Crippen molar-refractivity contribution in [3.05, 3.63) is 178 Å². The van der Waals surface area contributed by atoms with Gasteiger partial charge in [0.2, 0.25) is 0 Å². The number of para-hydroxylation sites is 2. The first kappa shape index (κ1) is 38.2. The zero-order chi connectivity index (χ0) is 40.3. The zero-order valence-electron chi connectivity index (χ0n) is 34.6. The molecule has 0 saturated heterocycles. The van der Waals surface area contributed by atoms with E-state index in [1.807, 2.05) is 12.1 Å². The minimum atomic E-state index is -0.350. The molecular weight excluding hydrogens is 916 g/mol. The number of aliphatic imine (C=N–C) groups is 1. The Morgan fingerprint density at radius 2 is 1.38 bits per heavy atom. The fraction of sp³-hybridized carbons (Fsp3) is 0.185. The molecular formula is C54H45N4OPt-. The minimum Gasteiger partial charge on any atom is -0.507 e. The van der Waals surface area contributed by atoms with Gasteiger partial charge in [0.05, 0.1) is 40.2 Å².